The molecule has 8 heteroatoms. The number of rotatable bonds is 8. The van der Waals surface area contributed by atoms with Crippen molar-refractivity contribution >= 4 is 68.4 Å². The van der Waals surface area contributed by atoms with E-state index in [0.717, 1.165) is 36.1 Å². The second-order valence-corrected chi connectivity index (χ2v) is 10.5. The third-order valence-electron chi connectivity index (χ3n) is 3.01. The quantitative estimate of drug-likeness (QED) is 0.113. The van der Waals surface area contributed by atoms with Crippen LogP contribution >= 0.6 is 56.5 Å². The molecule has 0 bridgehead atoms. The molecule has 1 aromatic carbocycles. The van der Waals surface area contributed by atoms with E-state index in [0.29, 0.717) is 0 Å². The van der Waals surface area contributed by atoms with E-state index in [1.54, 1.807) is 23.5 Å². The van der Waals surface area contributed by atoms with Crippen LogP contribution in [0.15, 0.2) is 50.4 Å². The Kier molecular flexibility index (Phi) is 9.14. The zero-order valence-electron chi connectivity index (χ0n) is 14.0. The van der Waals surface area contributed by atoms with Crippen molar-refractivity contribution in [1.29, 1.82) is 5.41 Å². The topological polar surface area (TPSA) is 62.2 Å². The van der Waals surface area contributed by atoms with Crippen LogP contribution in [0, 0.1) is 5.41 Å². The maximum absolute atomic E-state index is 11.8. The number of alkyl halides is 1. The number of thioether (sulfide) groups is 1. The Morgan fingerprint density at radius 1 is 1.36 bits per heavy atom. The van der Waals surface area contributed by atoms with Gasteiger partial charge in [0.1, 0.15) is 0 Å². The van der Waals surface area contributed by atoms with E-state index in [1.807, 2.05) is 30.5 Å². The van der Waals surface area contributed by atoms with Crippen molar-refractivity contribution < 1.29 is 7.86 Å². The second kappa shape index (κ2) is 11.1. The zero-order chi connectivity index (χ0) is 18.1. The standard InChI is InChI=1S/C17H21IN2O2S3/c1-3-4-10-18-22-17(21)20-15(19)13-11-14(16(23-2)25-13)24-12-8-6-5-7-9-12/h5-9,11,18H,3-4,10H2,1-2H3,(H2,19,20,21). The first kappa shape index (κ1) is 20.6. The normalized spacial score (nSPS) is 10.6. The summed E-state index contributed by atoms with van der Waals surface area (Å²) >= 11 is 4.09. The van der Waals surface area contributed by atoms with Crippen molar-refractivity contribution in [3.05, 3.63) is 41.3 Å². The van der Waals surface area contributed by atoms with Gasteiger partial charge in [0.15, 0.2) is 0 Å². The summed E-state index contributed by atoms with van der Waals surface area (Å²) in [7, 11) is 0. The van der Waals surface area contributed by atoms with Crippen LogP contribution < -0.4 is 5.32 Å². The molecule has 4 nitrogen and oxygen atoms in total. The van der Waals surface area contributed by atoms with E-state index in [1.165, 1.54) is 11.3 Å². The third kappa shape index (κ3) is 6.84. The Labute approximate surface area is 171 Å². The summed E-state index contributed by atoms with van der Waals surface area (Å²) in [5.41, 5.74) is 0. The Hall–Kier alpha value is -0.710. The minimum atomic E-state index is -0.752. The number of amidine groups is 1. The summed E-state index contributed by atoms with van der Waals surface area (Å²) in [4.78, 5) is 14.8. The number of unbranched alkanes of at least 4 members (excludes halogenated alkanes) is 1. The first-order valence-corrected chi connectivity index (χ1v) is 13.2. The Balaban J connectivity index is 1.97. The number of carbonyl (C=O) groups is 1. The van der Waals surface area contributed by atoms with Crippen molar-refractivity contribution in [3.63, 3.8) is 0 Å². The van der Waals surface area contributed by atoms with Crippen molar-refractivity contribution in [1.82, 2.24) is 5.32 Å². The van der Waals surface area contributed by atoms with Crippen LogP contribution in [0.1, 0.15) is 24.6 Å². The summed E-state index contributed by atoms with van der Waals surface area (Å²) in [6.07, 6.45) is 3.73. The molecule has 0 spiro atoms. The van der Waals surface area contributed by atoms with Crippen LogP contribution in [0.5, 0.6) is 0 Å². The SMILES string of the molecule is CCCC[IH]OC(=O)NC(=N)c1cc(Sc2ccccc2)c(SC)s1. The molecule has 0 aliphatic heterocycles. The summed E-state index contributed by atoms with van der Waals surface area (Å²) in [6.45, 7) is 2.12. The Morgan fingerprint density at radius 2 is 2.12 bits per heavy atom. The molecule has 0 saturated carbocycles. The van der Waals surface area contributed by atoms with Crippen LogP contribution in [0.3, 0.4) is 0 Å². The first-order chi connectivity index (χ1) is 12.1. The average molecular weight is 508 g/mol. The van der Waals surface area contributed by atoms with E-state index < -0.39 is 27.7 Å². The van der Waals surface area contributed by atoms with Crippen LogP contribution in [-0.2, 0) is 3.07 Å². The minimum absolute atomic E-state index is 0.105. The van der Waals surface area contributed by atoms with Gasteiger partial charge in [-0.1, -0.05) is 0 Å². The van der Waals surface area contributed by atoms with Crippen LogP contribution in [0.2, 0.25) is 0 Å². The third-order valence-corrected chi connectivity index (χ3v) is 8.68. The molecule has 1 aromatic heterocycles. The zero-order valence-corrected chi connectivity index (χ0v) is 18.8. The average Bonchev–Trinajstić information content (AvgIpc) is 3.02. The van der Waals surface area contributed by atoms with Gasteiger partial charge in [-0.15, -0.1) is 0 Å². The molecule has 2 aromatic rings. The molecule has 2 N–H and O–H groups in total. The number of hydrogen-bond donors (Lipinski definition) is 2. The number of halogens is 1. The van der Waals surface area contributed by atoms with Crippen LogP contribution in [0.4, 0.5) is 4.79 Å². The van der Waals surface area contributed by atoms with Gasteiger partial charge >= 0.3 is 173 Å². The van der Waals surface area contributed by atoms with Gasteiger partial charge in [0, 0.05) is 0 Å². The molecule has 25 heavy (non-hydrogen) atoms. The molecule has 0 fully saturated rings. The number of hydrogen-bond acceptors (Lipinski definition) is 6. The van der Waals surface area contributed by atoms with Gasteiger partial charge in [-0.25, -0.2) is 0 Å². The molecule has 0 atom stereocenters. The summed E-state index contributed by atoms with van der Waals surface area (Å²) in [5.74, 6) is 0.105. The number of benzene rings is 1. The first-order valence-electron chi connectivity index (χ1n) is 7.74. The fourth-order valence-electron chi connectivity index (χ4n) is 1.79. The van der Waals surface area contributed by atoms with Gasteiger partial charge < -0.3 is 0 Å². The van der Waals surface area contributed by atoms with Crippen molar-refractivity contribution in [2.24, 2.45) is 0 Å². The molecule has 1 heterocycles. The van der Waals surface area contributed by atoms with Gasteiger partial charge in [0.2, 0.25) is 0 Å². The van der Waals surface area contributed by atoms with Crippen molar-refractivity contribution in [2.75, 3.05) is 10.7 Å². The number of thiophene rings is 1. The van der Waals surface area contributed by atoms with Gasteiger partial charge in [0.05, 0.1) is 0 Å². The predicted octanol–water partition coefficient (Wildman–Crippen LogP) is 6.09. The van der Waals surface area contributed by atoms with Gasteiger partial charge in [0.25, 0.3) is 0 Å². The molecule has 0 aliphatic rings. The van der Waals surface area contributed by atoms with E-state index >= 15 is 0 Å². The van der Waals surface area contributed by atoms with Gasteiger partial charge in [-0.2, -0.15) is 0 Å². The number of carbonyl (C=O) groups excluding carboxylic acids is 1. The molecule has 0 unspecified atom stereocenters. The number of nitrogens with one attached hydrogen (secondary N) is 2. The second-order valence-electron chi connectivity index (χ2n) is 4.93. The molecule has 0 aliphatic carbocycles. The predicted molar refractivity (Wildman–Crippen MR) is 118 cm³/mol. The van der Waals surface area contributed by atoms with E-state index in [9.17, 15) is 4.79 Å². The molecule has 1 amide bonds. The monoisotopic (exact) mass is 508 g/mol. The van der Waals surface area contributed by atoms with E-state index in [-0.39, 0.29) is 5.84 Å². The van der Waals surface area contributed by atoms with Crippen LogP contribution in [-0.4, -0.2) is 22.6 Å². The van der Waals surface area contributed by atoms with Crippen LogP contribution in [0.25, 0.3) is 0 Å². The molecule has 0 radical (unpaired) electrons. The van der Waals surface area contributed by atoms with Crippen molar-refractivity contribution in [2.45, 2.75) is 33.8 Å². The van der Waals surface area contributed by atoms with E-state index in [4.69, 9.17) is 8.48 Å². The fraction of sp³-hybridized carbons (Fsp3) is 0.294. The Morgan fingerprint density at radius 3 is 2.80 bits per heavy atom. The van der Waals surface area contributed by atoms with Crippen molar-refractivity contribution in [3.8, 4) is 0 Å². The van der Waals surface area contributed by atoms with Gasteiger partial charge in [-0.3, -0.25) is 0 Å². The maximum atomic E-state index is 11.8. The van der Waals surface area contributed by atoms with Gasteiger partial charge in [-0.05, 0) is 0 Å². The summed E-state index contributed by atoms with van der Waals surface area (Å²) < 4.78 is 7.35. The molecule has 0 saturated heterocycles. The summed E-state index contributed by atoms with van der Waals surface area (Å²) in [5, 5.41) is 10.7. The Bertz CT molecular complexity index is 707. The molecular weight excluding hydrogens is 487 g/mol. The molecular formula is C17H21IN2O2S3. The van der Waals surface area contributed by atoms with E-state index in [2.05, 4.69) is 24.4 Å². The summed E-state index contributed by atoms with van der Waals surface area (Å²) in [6, 6.07) is 12.1. The molecule has 2 rings (SSSR count). The number of amides is 1. The fourth-order valence-corrected chi connectivity index (χ4v) is 6.67. The molecule has 136 valence electrons.